The highest BCUT2D eigenvalue weighted by Gasteiger charge is 2.35. The molecule has 6 heteroatoms. The monoisotopic (exact) mass is 170 g/mol. The molecule has 6 nitrogen and oxygen atoms in total. The summed E-state index contributed by atoms with van der Waals surface area (Å²) in [4.78, 5) is 14.4. The molecule has 1 unspecified atom stereocenters. The second kappa shape index (κ2) is 3.32. The Hall–Kier alpha value is -1.42. The van der Waals surface area contributed by atoms with Gasteiger partial charge in [-0.05, 0) is 12.0 Å². The van der Waals surface area contributed by atoms with Crippen LogP contribution in [0.2, 0.25) is 0 Å². The van der Waals surface area contributed by atoms with Gasteiger partial charge in [-0.3, -0.25) is 0 Å². The maximum atomic E-state index is 10.5. The molecule has 1 amide bonds. The van der Waals surface area contributed by atoms with Gasteiger partial charge in [0.05, 0.1) is 6.04 Å². The number of azide groups is 1. The van der Waals surface area contributed by atoms with Crippen molar-refractivity contribution in [1.29, 1.82) is 0 Å². The van der Waals surface area contributed by atoms with Crippen molar-refractivity contribution in [3.05, 3.63) is 10.4 Å². The van der Waals surface area contributed by atoms with E-state index in [0.717, 1.165) is 6.42 Å². The molecular weight excluding hydrogens is 160 g/mol. The SMILES string of the molecule is C[C@H](N=[N+]=[N-])C1CCN1C(=O)O. The molecular formula is C6H10N4O2. The minimum Gasteiger partial charge on any atom is -0.465 e. The van der Waals surface area contributed by atoms with Crippen molar-refractivity contribution >= 4 is 6.09 Å². The highest BCUT2D eigenvalue weighted by molar-refractivity contribution is 5.66. The second-order valence-electron chi connectivity index (χ2n) is 2.78. The van der Waals surface area contributed by atoms with Crippen molar-refractivity contribution in [2.75, 3.05) is 6.54 Å². The molecule has 0 bridgehead atoms. The molecule has 0 aromatic heterocycles. The number of hydrogen-bond acceptors (Lipinski definition) is 2. The summed E-state index contributed by atoms with van der Waals surface area (Å²) in [6.45, 7) is 2.27. The van der Waals surface area contributed by atoms with Gasteiger partial charge in [0.15, 0.2) is 0 Å². The largest absolute Gasteiger partial charge is 0.465 e. The molecule has 1 N–H and O–H groups in total. The van der Waals surface area contributed by atoms with Crippen molar-refractivity contribution in [2.45, 2.75) is 25.4 Å². The summed E-state index contributed by atoms with van der Waals surface area (Å²) < 4.78 is 0. The number of carboxylic acid groups (broad SMARTS) is 1. The highest BCUT2D eigenvalue weighted by atomic mass is 16.4. The zero-order chi connectivity index (χ0) is 9.14. The van der Waals surface area contributed by atoms with Gasteiger partial charge < -0.3 is 10.0 Å². The molecule has 0 aromatic carbocycles. The van der Waals surface area contributed by atoms with Crippen molar-refractivity contribution in [3.8, 4) is 0 Å². The maximum Gasteiger partial charge on any atom is 0.407 e. The average Bonchev–Trinajstić information content (AvgIpc) is 1.82. The normalized spacial score (nSPS) is 23.8. The fourth-order valence-electron chi connectivity index (χ4n) is 1.30. The van der Waals surface area contributed by atoms with Gasteiger partial charge in [0.2, 0.25) is 0 Å². The quantitative estimate of drug-likeness (QED) is 0.386. The van der Waals surface area contributed by atoms with Crippen LogP contribution in [0.15, 0.2) is 5.11 Å². The Morgan fingerprint density at radius 2 is 2.58 bits per heavy atom. The Bertz CT molecular complexity index is 232. The van der Waals surface area contributed by atoms with E-state index in [1.165, 1.54) is 4.90 Å². The number of likely N-dealkylation sites (tertiary alicyclic amines) is 1. The van der Waals surface area contributed by atoms with Crippen molar-refractivity contribution in [3.63, 3.8) is 0 Å². The van der Waals surface area contributed by atoms with E-state index >= 15 is 0 Å². The fourth-order valence-corrected chi connectivity index (χ4v) is 1.30. The molecule has 1 aliphatic rings. The summed E-state index contributed by atoms with van der Waals surface area (Å²) in [5.74, 6) is 0. The first kappa shape index (κ1) is 8.67. The molecule has 1 fully saturated rings. The summed E-state index contributed by atoms with van der Waals surface area (Å²) in [7, 11) is 0. The minimum atomic E-state index is -0.939. The van der Waals surface area contributed by atoms with Crippen molar-refractivity contribution < 1.29 is 9.90 Å². The Morgan fingerprint density at radius 3 is 2.92 bits per heavy atom. The predicted molar refractivity (Wildman–Crippen MR) is 41.7 cm³/mol. The van der Waals surface area contributed by atoms with Gasteiger partial charge >= 0.3 is 6.09 Å². The van der Waals surface area contributed by atoms with Gasteiger partial charge in [0.1, 0.15) is 0 Å². The molecule has 0 aromatic rings. The highest BCUT2D eigenvalue weighted by Crippen LogP contribution is 2.22. The Labute approximate surface area is 69.4 Å². The lowest BCUT2D eigenvalue weighted by Gasteiger charge is -2.40. The van der Waals surface area contributed by atoms with E-state index in [-0.39, 0.29) is 12.1 Å². The van der Waals surface area contributed by atoms with Crippen LogP contribution in [-0.4, -0.2) is 34.7 Å². The van der Waals surface area contributed by atoms with Crippen LogP contribution in [0.1, 0.15) is 13.3 Å². The fraction of sp³-hybridized carbons (Fsp3) is 0.833. The molecule has 1 rings (SSSR count). The average molecular weight is 170 g/mol. The van der Waals surface area contributed by atoms with E-state index in [2.05, 4.69) is 10.0 Å². The van der Waals surface area contributed by atoms with Gasteiger partial charge in [-0.15, -0.1) is 0 Å². The van der Waals surface area contributed by atoms with Gasteiger partial charge in [0, 0.05) is 17.5 Å². The summed E-state index contributed by atoms with van der Waals surface area (Å²) in [5, 5.41) is 12.1. The second-order valence-corrected chi connectivity index (χ2v) is 2.78. The first-order chi connectivity index (χ1) is 5.66. The van der Waals surface area contributed by atoms with E-state index in [1.807, 2.05) is 0 Å². The zero-order valence-corrected chi connectivity index (χ0v) is 6.71. The molecule has 0 saturated carbocycles. The number of rotatable bonds is 2. The third kappa shape index (κ3) is 1.43. The third-order valence-electron chi connectivity index (χ3n) is 2.10. The topological polar surface area (TPSA) is 89.3 Å². The summed E-state index contributed by atoms with van der Waals surface area (Å²) in [6.07, 6.45) is -0.154. The van der Waals surface area contributed by atoms with Crippen LogP contribution in [0.3, 0.4) is 0 Å². The molecule has 12 heavy (non-hydrogen) atoms. The predicted octanol–water partition coefficient (Wildman–Crippen LogP) is 1.44. The lowest BCUT2D eigenvalue weighted by Crippen LogP contribution is -2.54. The first-order valence-electron chi connectivity index (χ1n) is 3.70. The zero-order valence-electron chi connectivity index (χ0n) is 6.71. The lowest BCUT2D eigenvalue weighted by atomic mass is 9.98. The number of nitrogens with zero attached hydrogens (tertiary/aromatic N) is 4. The van der Waals surface area contributed by atoms with Gasteiger partial charge in [0.25, 0.3) is 0 Å². The van der Waals surface area contributed by atoms with Crippen LogP contribution in [0.5, 0.6) is 0 Å². The van der Waals surface area contributed by atoms with E-state index in [0.29, 0.717) is 6.54 Å². The molecule has 1 aliphatic heterocycles. The van der Waals surface area contributed by atoms with Crippen LogP contribution in [-0.2, 0) is 0 Å². The molecule has 66 valence electrons. The van der Waals surface area contributed by atoms with Crippen molar-refractivity contribution in [1.82, 2.24) is 4.90 Å². The van der Waals surface area contributed by atoms with Gasteiger partial charge in [-0.2, -0.15) is 0 Å². The third-order valence-corrected chi connectivity index (χ3v) is 2.10. The standard InChI is InChI=1S/C6H10N4O2/c1-4(8-9-7)5-2-3-10(5)6(11)12/h4-5H,2-3H2,1H3,(H,11,12)/t4-,5?/m0/s1. The lowest BCUT2D eigenvalue weighted by molar-refractivity contribution is 0.0660. The Kier molecular flexibility index (Phi) is 2.40. The molecule has 2 atom stereocenters. The summed E-state index contributed by atoms with van der Waals surface area (Å²) in [6, 6.07) is -0.391. The number of hydrogen-bond donors (Lipinski definition) is 1. The summed E-state index contributed by atoms with van der Waals surface area (Å²) in [5.41, 5.74) is 8.12. The maximum absolute atomic E-state index is 10.5. The van der Waals surface area contributed by atoms with Crippen LogP contribution in [0.4, 0.5) is 4.79 Å². The van der Waals surface area contributed by atoms with Crippen LogP contribution in [0.25, 0.3) is 10.4 Å². The van der Waals surface area contributed by atoms with E-state index in [9.17, 15) is 4.79 Å². The van der Waals surface area contributed by atoms with Crippen molar-refractivity contribution in [2.24, 2.45) is 5.11 Å². The molecule has 1 heterocycles. The molecule has 1 saturated heterocycles. The van der Waals surface area contributed by atoms with E-state index < -0.39 is 6.09 Å². The number of amides is 1. The van der Waals surface area contributed by atoms with E-state index in [4.69, 9.17) is 10.6 Å². The van der Waals surface area contributed by atoms with Gasteiger partial charge in [-0.1, -0.05) is 12.0 Å². The van der Waals surface area contributed by atoms with Crippen LogP contribution < -0.4 is 0 Å². The Balaban J connectivity index is 2.53. The summed E-state index contributed by atoms with van der Waals surface area (Å²) >= 11 is 0. The first-order valence-corrected chi connectivity index (χ1v) is 3.70. The molecule has 0 aliphatic carbocycles. The smallest absolute Gasteiger partial charge is 0.407 e. The minimum absolute atomic E-state index is 0.126. The van der Waals surface area contributed by atoms with Crippen LogP contribution >= 0.6 is 0 Å². The van der Waals surface area contributed by atoms with Crippen LogP contribution in [0, 0.1) is 0 Å². The molecule has 0 spiro atoms. The van der Waals surface area contributed by atoms with E-state index in [1.54, 1.807) is 6.92 Å². The molecule has 0 radical (unpaired) electrons. The van der Waals surface area contributed by atoms with Gasteiger partial charge in [-0.25, -0.2) is 4.79 Å². The number of carbonyl (C=O) groups is 1. The Morgan fingerprint density at radius 1 is 1.92 bits per heavy atom.